The van der Waals surface area contributed by atoms with Crippen molar-refractivity contribution in [1.82, 2.24) is 9.97 Å². The van der Waals surface area contributed by atoms with Gasteiger partial charge in [0.1, 0.15) is 29.2 Å². The maximum Gasteiger partial charge on any atom is 0.329 e. The molecule has 0 aliphatic carbocycles. The van der Waals surface area contributed by atoms with Crippen LogP contribution in [0.3, 0.4) is 0 Å². The molecule has 0 radical (unpaired) electrons. The molecule has 0 bridgehead atoms. The number of benzene rings is 2. The van der Waals surface area contributed by atoms with Crippen LogP contribution in [0.2, 0.25) is 0 Å². The molecule has 0 aliphatic rings. The van der Waals surface area contributed by atoms with Crippen molar-refractivity contribution in [2.24, 2.45) is 0 Å². The fourth-order valence-corrected chi connectivity index (χ4v) is 3.64. The van der Waals surface area contributed by atoms with Crippen LogP contribution in [0.1, 0.15) is 29.7 Å². The zero-order chi connectivity index (χ0) is 23.9. The molecule has 34 heavy (non-hydrogen) atoms. The number of nitrogens with one attached hydrogen (secondary N) is 1. The molecule has 1 N–H and O–H groups in total. The third-order valence-corrected chi connectivity index (χ3v) is 5.31. The van der Waals surface area contributed by atoms with Crippen LogP contribution in [-0.4, -0.2) is 28.6 Å². The Kier molecular flexibility index (Phi) is 7.32. The molecule has 1 unspecified atom stereocenters. The fraction of sp³-hybridized carbons (Fsp3) is 0.222. The van der Waals surface area contributed by atoms with Crippen LogP contribution in [0.4, 0.5) is 10.2 Å². The van der Waals surface area contributed by atoms with Gasteiger partial charge in [-0.15, -0.1) is 0 Å². The number of furan rings is 1. The van der Waals surface area contributed by atoms with Gasteiger partial charge in [-0.3, -0.25) is 0 Å². The predicted octanol–water partition coefficient (Wildman–Crippen LogP) is 5.36. The van der Waals surface area contributed by atoms with Gasteiger partial charge >= 0.3 is 5.97 Å². The molecular weight excluding hydrogens is 433 g/mol. The summed E-state index contributed by atoms with van der Waals surface area (Å²) in [6.45, 7) is 3.84. The minimum atomic E-state index is -0.748. The molecule has 174 valence electrons. The highest BCUT2D eigenvalue weighted by Crippen LogP contribution is 2.24. The van der Waals surface area contributed by atoms with Crippen molar-refractivity contribution in [3.05, 3.63) is 102 Å². The largest absolute Gasteiger partial charge is 0.466 e. The van der Waals surface area contributed by atoms with E-state index in [9.17, 15) is 9.18 Å². The van der Waals surface area contributed by atoms with E-state index in [1.807, 2.05) is 49.4 Å². The number of anilines is 1. The SMILES string of the molecule is CCOC(=O)C(Cc1ccc(C)o1)Nc1ncc(-c2ccccc2)nc1Cc1ccccc1F. The van der Waals surface area contributed by atoms with Crippen molar-refractivity contribution in [1.29, 1.82) is 0 Å². The Morgan fingerprint density at radius 2 is 1.85 bits per heavy atom. The number of aryl methyl sites for hydroxylation is 1. The van der Waals surface area contributed by atoms with Gasteiger partial charge in [-0.05, 0) is 37.6 Å². The number of aromatic nitrogens is 2. The van der Waals surface area contributed by atoms with Crippen molar-refractivity contribution < 1.29 is 18.3 Å². The summed E-state index contributed by atoms with van der Waals surface area (Å²) >= 11 is 0. The van der Waals surface area contributed by atoms with E-state index in [1.165, 1.54) is 6.07 Å². The average Bonchev–Trinajstić information content (AvgIpc) is 3.26. The summed E-state index contributed by atoms with van der Waals surface area (Å²) < 4.78 is 25.4. The molecule has 0 amide bonds. The zero-order valence-electron chi connectivity index (χ0n) is 19.1. The van der Waals surface area contributed by atoms with Gasteiger partial charge in [0.15, 0.2) is 0 Å². The minimum Gasteiger partial charge on any atom is -0.466 e. The molecule has 4 rings (SSSR count). The van der Waals surface area contributed by atoms with E-state index in [0.717, 1.165) is 11.3 Å². The molecule has 0 saturated heterocycles. The van der Waals surface area contributed by atoms with Gasteiger partial charge in [-0.1, -0.05) is 48.5 Å². The Hall–Kier alpha value is -4.00. The highest BCUT2D eigenvalue weighted by Gasteiger charge is 2.24. The molecule has 0 fully saturated rings. The van der Waals surface area contributed by atoms with Gasteiger partial charge in [-0.25, -0.2) is 19.2 Å². The summed E-state index contributed by atoms with van der Waals surface area (Å²) in [6.07, 6.45) is 2.12. The Bertz CT molecular complexity index is 1260. The first-order chi connectivity index (χ1) is 16.5. The van der Waals surface area contributed by atoms with Crippen LogP contribution in [-0.2, 0) is 22.4 Å². The lowest BCUT2D eigenvalue weighted by molar-refractivity contribution is -0.144. The number of esters is 1. The van der Waals surface area contributed by atoms with Gasteiger partial charge in [-0.2, -0.15) is 0 Å². The van der Waals surface area contributed by atoms with E-state index in [0.29, 0.717) is 28.5 Å². The number of ether oxygens (including phenoxy) is 1. The third kappa shape index (κ3) is 5.67. The van der Waals surface area contributed by atoms with Crippen LogP contribution in [0.5, 0.6) is 0 Å². The molecule has 7 heteroatoms. The van der Waals surface area contributed by atoms with E-state index >= 15 is 0 Å². The molecule has 0 aliphatic heterocycles. The van der Waals surface area contributed by atoms with Crippen molar-refractivity contribution in [2.75, 3.05) is 11.9 Å². The van der Waals surface area contributed by atoms with Crippen molar-refractivity contribution in [2.45, 2.75) is 32.7 Å². The standard InChI is InChI=1S/C27H26FN3O3/c1-3-33-27(32)24(16-21-14-13-18(2)34-21)31-26-23(15-20-11-7-8-12-22(20)28)30-25(17-29-26)19-9-5-4-6-10-19/h4-14,17,24H,3,15-16H2,1-2H3,(H,29,31). The van der Waals surface area contributed by atoms with E-state index in [2.05, 4.69) is 10.3 Å². The molecule has 0 spiro atoms. The molecule has 4 aromatic rings. The Balaban J connectivity index is 1.70. The van der Waals surface area contributed by atoms with Crippen LogP contribution in [0.25, 0.3) is 11.3 Å². The number of rotatable bonds is 9. The van der Waals surface area contributed by atoms with Gasteiger partial charge in [0.25, 0.3) is 0 Å². The minimum absolute atomic E-state index is 0.206. The van der Waals surface area contributed by atoms with Crippen LogP contribution in [0.15, 0.2) is 77.3 Å². The summed E-state index contributed by atoms with van der Waals surface area (Å²) in [6, 6.07) is 19.1. The second-order valence-electron chi connectivity index (χ2n) is 7.85. The first kappa shape index (κ1) is 23.2. The summed E-state index contributed by atoms with van der Waals surface area (Å²) in [7, 11) is 0. The van der Waals surface area contributed by atoms with E-state index < -0.39 is 12.0 Å². The maximum absolute atomic E-state index is 14.5. The van der Waals surface area contributed by atoms with Crippen LogP contribution < -0.4 is 5.32 Å². The van der Waals surface area contributed by atoms with Crippen molar-refractivity contribution >= 4 is 11.8 Å². The average molecular weight is 460 g/mol. The first-order valence-electron chi connectivity index (χ1n) is 11.2. The number of carbonyl (C=O) groups is 1. The van der Waals surface area contributed by atoms with Crippen LogP contribution >= 0.6 is 0 Å². The number of halogens is 1. The molecule has 2 heterocycles. The molecule has 2 aromatic carbocycles. The zero-order valence-corrected chi connectivity index (χ0v) is 19.1. The van der Waals surface area contributed by atoms with Gasteiger partial charge in [0.2, 0.25) is 0 Å². The monoisotopic (exact) mass is 459 g/mol. The highest BCUT2D eigenvalue weighted by atomic mass is 19.1. The number of carbonyl (C=O) groups excluding carboxylic acids is 1. The fourth-order valence-electron chi connectivity index (χ4n) is 3.64. The molecule has 0 saturated carbocycles. The molecule has 2 aromatic heterocycles. The Morgan fingerprint density at radius 3 is 2.56 bits per heavy atom. The Labute approximate surface area is 197 Å². The number of hydrogen-bond donors (Lipinski definition) is 1. The van der Waals surface area contributed by atoms with E-state index in [1.54, 1.807) is 31.3 Å². The summed E-state index contributed by atoms with van der Waals surface area (Å²) in [5.74, 6) is 1.04. The van der Waals surface area contributed by atoms with Gasteiger partial charge < -0.3 is 14.5 Å². The van der Waals surface area contributed by atoms with Crippen molar-refractivity contribution in [3.8, 4) is 11.3 Å². The lowest BCUT2D eigenvalue weighted by Gasteiger charge is -2.19. The summed E-state index contributed by atoms with van der Waals surface area (Å²) in [5, 5.41) is 3.18. The normalized spacial score (nSPS) is 11.7. The smallest absolute Gasteiger partial charge is 0.329 e. The van der Waals surface area contributed by atoms with Gasteiger partial charge in [0.05, 0.1) is 24.2 Å². The van der Waals surface area contributed by atoms with E-state index in [4.69, 9.17) is 14.1 Å². The second-order valence-corrected chi connectivity index (χ2v) is 7.85. The van der Waals surface area contributed by atoms with E-state index in [-0.39, 0.29) is 25.3 Å². The highest BCUT2D eigenvalue weighted by molar-refractivity contribution is 5.79. The quantitative estimate of drug-likeness (QED) is 0.340. The third-order valence-electron chi connectivity index (χ3n) is 5.31. The number of nitrogens with zero attached hydrogens (tertiary/aromatic N) is 2. The Morgan fingerprint density at radius 1 is 1.09 bits per heavy atom. The van der Waals surface area contributed by atoms with Crippen LogP contribution in [0, 0.1) is 12.7 Å². The summed E-state index contributed by atoms with van der Waals surface area (Å²) in [4.78, 5) is 22.1. The molecular formula is C27H26FN3O3. The second kappa shape index (κ2) is 10.7. The predicted molar refractivity (Wildman–Crippen MR) is 128 cm³/mol. The maximum atomic E-state index is 14.5. The van der Waals surface area contributed by atoms with Crippen molar-refractivity contribution in [3.63, 3.8) is 0 Å². The molecule has 6 nitrogen and oxygen atoms in total. The first-order valence-corrected chi connectivity index (χ1v) is 11.2. The topological polar surface area (TPSA) is 77.2 Å². The lowest BCUT2D eigenvalue weighted by Crippen LogP contribution is -2.34. The molecule has 1 atom stereocenters. The number of hydrogen-bond acceptors (Lipinski definition) is 6. The van der Waals surface area contributed by atoms with Gasteiger partial charge in [0, 0.05) is 18.4 Å². The lowest BCUT2D eigenvalue weighted by atomic mass is 10.1. The summed E-state index contributed by atoms with van der Waals surface area (Å²) in [5.41, 5.74) is 2.56.